The average Bonchev–Trinajstić information content (AvgIpc) is 2.80. The molecule has 1 aliphatic rings. The van der Waals surface area contributed by atoms with Crippen LogP contribution in [0.5, 0.6) is 0 Å². The van der Waals surface area contributed by atoms with Crippen LogP contribution in [0.4, 0.5) is 0 Å². The molecule has 3 heterocycles. The molecule has 6 nitrogen and oxygen atoms in total. The van der Waals surface area contributed by atoms with Gasteiger partial charge in [-0.05, 0) is 46.1 Å². The summed E-state index contributed by atoms with van der Waals surface area (Å²) in [7, 11) is 0. The van der Waals surface area contributed by atoms with Crippen molar-refractivity contribution in [3.8, 4) is 0 Å². The minimum absolute atomic E-state index is 0.631. The zero-order valence-corrected chi connectivity index (χ0v) is 13.7. The van der Waals surface area contributed by atoms with Crippen LogP contribution in [-0.2, 0) is 13.1 Å². The van der Waals surface area contributed by atoms with Gasteiger partial charge in [0.1, 0.15) is 11.6 Å². The molecule has 3 rings (SSSR count). The maximum absolute atomic E-state index is 4.49. The van der Waals surface area contributed by atoms with Gasteiger partial charge in [0.15, 0.2) is 0 Å². The molecule has 0 aromatic carbocycles. The quantitative estimate of drug-likeness (QED) is 0.863. The fourth-order valence-electron chi connectivity index (χ4n) is 3.15. The minimum Gasteiger partial charge on any atom is -0.297 e. The number of hydrogen-bond acceptors (Lipinski definition) is 5. The van der Waals surface area contributed by atoms with E-state index in [0.29, 0.717) is 5.92 Å². The van der Waals surface area contributed by atoms with Crippen molar-refractivity contribution in [1.82, 2.24) is 29.6 Å². The lowest BCUT2D eigenvalue weighted by molar-refractivity contribution is 0.151. The standard InChI is InChI=1S/C16H24N6/c1-12-7-18-16(8-17-12)11-21-6-4-5-15(9-21)10-22-14(3)19-13(2)20-22/h7-8,15H,4-6,9-11H2,1-3H3/t15-/m1/s1. The molecule has 1 saturated heterocycles. The van der Waals surface area contributed by atoms with Crippen LogP contribution in [0.15, 0.2) is 12.4 Å². The third-order valence-electron chi connectivity index (χ3n) is 4.22. The number of likely N-dealkylation sites (tertiary alicyclic amines) is 1. The number of rotatable bonds is 4. The molecule has 1 atom stereocenters. The van der Waals surface area contributed by atoms with Gasteiger partial charge in [0.2, 0.25) is 0 Å². The molecular formula is C16H24N6. The van der Waals surface area contributed by atoms with E-state index in [0.717, 1.165) is 49.2 Å². The second kappa shape index (κ2) is 6.52. The Bertz CT molecular complexity index is 618. The predicted molar refractivity (Wildman–Crippen MR) is 84.3 cm³/mol. The van der Waals surface area contributed by atoms with Crippen LogP contribution in [0.3, 0.4) is 0 Å². The third kappa shape index (κ3) is 3.68. The summed E-state index contributed by atoms with van der Waals surface area (Å²) in [6.07, 6.45) is 6.23. The minimum atomic E-state index is 0.631. The molecule has 0 unspecified atom stereocenters. The van der Waals surface area contributed by atoms with Gasteiger partial charge in [0, 0.05) is 32.0 Å². The van der Waals surface area contributed by atoms with Crippen molar-refractivity contribution < 1.29 is 0 Å². The van der Waals surface area contributed by atoms with Gasteiger partial charge in [-0.3, -0.25) is 14.9 Å². The summed E-state index contributed by atoms with van der Waals surface area (Å²) in [6, 6.07) is 0. The predicted octanol–water partition coefficient (Wildman–Crippen LogP) is 1.91. The number of aryl methyl sites for hydroxylation is 3. The molecular weight excluding hydrogens is 276 g/mol. The second-order valence-corrected chi connectivity index (χ2v) is 6.28. The summed E-state index contributed by atoms with van der Waals surface area (Å²) in [4.78, 5) is 15.7. The zero-order chi connectivity index (χ0) is 15.5. The average molecular weight is 300 g/mol. The molecule has 0 amide bonds. The number of nitrogens with zero attached hydrogens (tertiary/aromatic N) is 6. The largest absolute Gasteiger partial charge is 0.297 e. The molecule has 0 saturated carbocycles. The zero-order valence-electron chi connectivity index (χ0n) is 13.7. The Hall–Kier alpha value is -1.82. The van der Waals surface area contributed by atoms with Gasteiger partial charge >= 0.3 is 0 Å². The van der Waals surface area contributed by atoms with Gasteiger partial charge in [-0.2, -0.15) is 5.10 Å². The summed E-state index contributed by atoms with van der Waals surface area (Å²) in [5.74, 6) is 2.51. The summed E-state index contributed by atoms with van der Waals surface area (Å²) in [5, 5.41) is 4.49. The van der Waals surface area contributed by atoms with E-state index < -0.39 is 0 Å². The lowest BCUT2D eigenvalue weighted by atomic mass is 9.98. The number of aromatic nitrogens is 5. The molecule has 6 heteroatoms. The Morgan fingerprint density at radius 1 is 1.18 bits per heavy atom. The Morgan fingerprint density at radius 2 is 2.05 bits per heavy atom. The van der Waals surface area contributed by atoms with Crippen molar-refractivity contribution in [2.75, 3.05) is 13.1 Å². The maximum atomic E-state index is 4.49. The van der Waals surface area contributed by atoms with Gasteiger partial charge in [-0.25, -0.2) is 9.67 Å². The molecule has 2 aromatic rings. The van der Waals surface area contributed by atoms with E-state index in [1.54, 1.807) is 0 Å². The third-order valence-corrected chi connectivity index (χ3v) is 4.22. The second-order valence-electron chi connectivity index (χ2n) is 6.28. The first-order valence-corrected chi connectivity index (χ1v) is 7.98. The van der Waals surface area contributed by atoms with Gasteiger partial charge in [-0.1, -0.05) is 0 Å². The fourth-order valence-corrected chi connectivity index (χ4v) is 3.15. The summed E-state index contributed by atoms with van der Waals surface area (Å²) >= 11 is 0. The Kier molecular flexibility index (Phi) is 4.47. The van der Waals surface area contributed by atoms with Gasteiger partial charge in [0.05, 0.1) is 11.4 Å². The number of hydrogen-bond donors (Lipinski definition) is 0. The molecule has 0 aliphatic carbocycles. The van der Waals surface area contributed by atoms with Crippen LogP contribution in [0.1, 0.15) is 35.9 Å². The first kappa shape index (κ1) is 15.1. The highest BCUT2D eigenvalue weighted by Crippen LogP contribution is 2.20. The van der Waals surface area contributed by atoms with Gasteiger partial charge < -0.3 is 0 Å². The Balaban J connectivity index is 1.59. The SMILES string of the molecule is Cc1cnc(CN2CCC[C@@H](Cn3nc(C)nc3C)C2)cn1. The Labute approximate surface area is 131 Å². The van der Waals surface area contributed by atoms with Crippen LogP contribution in [0, 0.1) is 26.7 Å². The molecule has 0 bridgehead atoms. The molecule has 118 valence electrons. The molecule has 2 aromatic heterocycles. The maximum Gasteiger partial charge on any atom is 0.147 e. The number of piperidine rings is 1. The normalized spacial score (nSPS) is 19.5. The van der Waals surface area contributed by atoms with Crippen molar-refractivity contribution in [3.63, 3.8) is 0 Å². The van der Waals surface area contributed by atoms with Crippen molar-refractivity contribution in [2.24, 2.45) is 5.92 Å². The van der Waals surface area contributed by atoms with E-state index in [2.05, 4.69) is 29.6 Å². The highest BCUT2D eigenvalue weighted by atomic mass is 15.3. The fraction of sp³-hybridized carbons (Fsp3) is 0.625. The lowest BCUT2D eigenvalue weighted by Gasteiger charge is -2.32. The van der Waals surface area contributed by atoms with Crippen LogP contribution < -0.4 is 0 Å². The molecule has 1 aliphatic heterocycles. The van der Waals surface area contributed by atoms with E-state index in [-0.39, 0.29) is 0 Å². The van der Waals surface area contributed by atoms with Gasteiger partial charge in [-0.15, -0.1) is 0 Å². The van der Waals surface area contributed by atoms with Crippen LogP contribution in [-0.4, -0.2) is 42.7 Å². The van der Waals surface area contributed by atoms with Gasteiger partial charge in [0.25, 0.3) is 0 Å². The molecule has 22 heavy (non-hydrogen) atoms. The first-order chi connectivity index (χ1) is 10.6. The summed E-state index contributed by atoms with van der Waals surface area (Å²) < 4.78 is 2.05. The highest BCUT2D eigenvalue weighted by Gasteiger charge is 2.21. The molecule has 0 spiro atoms. The van der Waals surface area contributed by atoms with E-state index in [1.807, 2.05) is 33.2 Å². The summed E-state index contributed by atoms with van der Waals surface area (Å²) in [5.41, 5.74) is 2.02. The van der Waals surface area contributed by atoms with E-state index in [9.17, 15) is 0 Å². The van der Waals surface area contributed by atoms with Crippen molar-refractivity contribution in [2.45, 2.75) is 46.7 Å². The van der Waals surface area contributed by atoms with Crippen molar-refractivity contribution in [3.05, 3.63) is 35.4 Å². The van der Waals surface area contributed by atoms with Crippen LogP contribution in [0.25, 0.3) is 0 Å². The van der Waals surface area contributed by atoms with E-state index in [1.165, 1.54) is 12.8 Å². The molecule has 0 N–H and O–H groups in total. The molecule has 1 fully saturated rings. The first-order valence-electron chi connectivity index (χ1n) is 7.98. The topological polar surface area (TPSA) is 59.7 Å². The smallest absolute Gasteiger partial charge is 0.147 e. The van der Waals surface area contributed by atoms with E-state index in [4.69, 9.17) is 0 Å². The van der Waals surface area contributed by atoms with Crippen LogP contribution >= 0.6 is 0 Å². The highest BCUT2D eigenvalue weighted by molar-refractivity contribution is 5.00. The monoisotopic (exact) mass is 300 g/mol. The molecule has 0 radical (unpaired) electrons. The van der Waals surface area contributed by atoms with Crippen molar-refractivity contribution in [1.29, 1.82) is 0 Å². The Morgan fingerprint density at radius 3 is 2.73 bits per heavy atom. The van der Waals surface area contributed by atoms with Crippen molar-refractivity contribution >= 4 is 0 Å². The lowest BCUT2D eigenvalue weighted by Crippen LogP contribution is -2.37. The van der Waals surface area contributed by atoms with E-state index >= 15 is 0 Å². The summed E-state index contributed by atoms with van der Waals surface area (Å²) in [6.45, 7) is 10.0. The van der Waals surface area contributed by atoms with Crippen LogP contribution in [0.2, 0.25) is 0 Å².